The molecule has 3 aromatic rings. The summed E-state index contributed by atoms with van der Waals surface area (Å²) in [6, 6.07) is 11.2. The number of furan rings is 1. The largest absolute Gasteiger partial charge is 0.433 e. The molecule has 0 fully saturated rings. The fourth-order valence-corrected chi connectivity index (χ4v) is 2.44. The summed E-state index contributed by atoms with van der Waals surface area (Å²) in [6.07, 6.45) is 0. The third kappa shape index (κ3) is 2.82. The minimum Gasteiger partial charge on any atom is -0.395 e. The fraction of sp³-hybridized carbons (Fsp3) is 0.125. The predicted octanol–water partition coefficient (Wildman–Crippen LogP) is 2.24. The van der Waals surface area contributed by atoms with Gasteiger partial charge in [-0.3, -0.25) is 24.4 Å². The van der Waals surface area contributed by atoms with Crippen LogP contribution in [0.25, 0.3) is 5.69 Å². The van der Waals surface area contributed by atoms with Gasteiger partial charge in [0.1, 0.15) is 10.6 Å². The topological polar surface area (TPSA) is 112 Å². The Morgan fingerprint density at radius 3 is 2.48 bits per heavy atom. The minimum atomic E-state index is -0.743. The van der Waals surface area contributed by atoms with Crippen LogP contribution in [0.4, 0.5) is 11.6 Å². The lowest BCUT2D eigenvalue weighted by Crippen LogP contribution is -2.22. The zero-order chi connectivity index (χ0) is 18.1. The first-order chi connectivity index (χ1) is 11.9. The smallest absolute Gasteiger partial charge is 0.395 e. The fourth-order valence-electron chi connectivity index (χ4n) is 2.44. The number of carbonyl (C=O) groups is 1. The molecule has 0 bridgehead atoms. The Morgan fingerprint density at radius 2 is 1.88 bits per heavy atom. The van der Waals surface area contributed by atoms with Gasteiger partial charge in [-0.15, -0.1) is 0 Å². The molecule has 0 aliphatic heterocycles. The number of hydrogen-bond acceptors (Lipinski definition) is 5. The summed E-state index contributed by atoms with van der Waals surface area (Å²) in [5.41, 5.74) is 0.839. The van der Waals surface area contributed by atoms with E-state index in [1.807, 2.05) is 6.07 Å². The van der Waals surface area contributed by atoms with Crippen LogP contribution in [-0.2, 0) is 7.05 Å². The van der Waals surface area contributed by atoms with E-state index < -0.39 is 22.3 Å². The first-order valence-corrected chi connectivity index (χ1v) is 7.29. The molecule has 0 unspecified atom stereocenters. The SMILES string of the molecule is Cc1c(NC(=O)c2ccc([N+](=O)[O-])o2)c(=O)n(-c2ccccc2)n1C. The number of rotatable bonds is 4. The third-order valence-corrected chi connectivity index (χ3v) is 3.79. The first kappa shape index (κ1) is 16.2. The first-order valence-electron chi connectivity index (χ1n) is 7.29. The Balaban J connectivity index is 1.97. The number of nitrogens with one attached hydrogen (secondary N) is 1. The second-order valence-corrected chi connectivity index (χ2v) is 5.29. The summed E-state index contributed by atoms with van der Waals surface area (Å²) in [4.78, 5) is 34.8. The van der Waals surface area contributed by atoms with E-state index in [-0.39, 0.29) is 11.4 Å². The van der Waals surface area contributed by atoms with Gasteiger partial charge in [0.25, 0.3) is 11.5 Å². The zero-order valence-electron chi connectivity index (χ0n) is 13.4. The van der Waals surface area contributed by atoms with Crippen LogP contribution < -0.4 is 10.9 Å². The van der Waals surface area contributed by atoms with Crippen molar-refractivity contribution in [3.8, 4) is 5.69 Å². The van der Waals surface area contributed by atoms with Crippen LogP contribution >= 0.6 is 0 Å². The van der Waals surface area contributed by atoms with Crippen molar-refractivity contribution in [2.45, 2.75) is 6.92 Å². The van der Waals surface area contributed by atoms with Gasteiger partial charge in [0.2, 0.25) is 0 Å². The van der Waals surface area contributed by atoms with Crippen molar-refractivity contribution in [1.29, 1.82) is 0 Å². The van der Waals surface area contributed by atoms with Gasteiger partial charge in [-0.25, -0.2) is 4.68 Å². The maximum Gasteiger partial charge on any atom is 0.433 e. The number of amides is 1. The Hall–Kier alpha value is -3.62. The van der Waals surface area contributed by atoms with Crippen molar-refractivity contribution in [3.05, 3.63) is 74.4 Å². The molecular weight excluding hydrogens is 328 g/mol. The lowest BCUT2D eigenvalue weighted by atomic mass is 10.3. The summed E-state index contributed by atoms with van der Waals surface area (Å²) >= 11 is 0. The van der Waals surface area contributed by atoms with Crippen LogP contribution in [-0.4, -0.2) is 20.2 Å². The van der Waals surface area contributed by atoms with E-state index >= 15 is 0 Å². The summed E-state index contributed by atoms with van der Waals surface area (Å²) in [6.45, 7) is 1.68. The average Bonchev–Trinajstić information content (AvgIpc) is 3.16. The maximum atomic E-state index is 12.7. The van der Waals surface area contributed by atoms with Gasteiger partial charge < -0.3 is 9.73 Å². The quantitative estimate of drug-likeness (QED) is 0.577. The molecule has 2 aromatic heterocycles. The van der Waals surface area contributed by atoms with Crippen LogP contribution in [0.2, 0.25) is 0 Å². The summed E-state index contributed by atoms with van der Waals surface area (Å²) in [7, 11) is 1.69. The van der Waals surface area contributed by atoms with Crippen molar-refractivity contribution in [3.63, 3.8) is 0 Å². The number of nitro groups is 1. The van der Waals surface area contributed by atoms with E-state index in [9.17, 15) is 19.7 Å². The molecule has 1 amide bonds. The van der Waals surface area contributed by atoms with Crippen LogP contribution in [0.1, 0.15) is 16.2 Å². The Labute approximate surface area is 141 Å². The van der Waals surface area contributed by atoms with Gasteiger partial charge in [0.05, 0.1) is 17.4 Å². The van der Waals surface area contributed by atoms with Crippen molar-refractivity contribution < 1.29 is 14.1 Å². The minimum absolute atomic E-state index is 0.0791. The molecule has 25 heavy (non-hydrogen) atoms. The molecule has 0 radical (unpaired) electrons. The second-order valence-electron chi connectivity index (χ2n) is 5.29. The van der Waals surface area contributed by atoms with E-state index in [1.165, 1.54) is 10.7 Å². The van der Waals surface area contributed by atoms with Gasteiger partial charge in [0, 0.05) is 7.05 Å². The third-order valence-electron chi connectivity index (χ3n) is 3.79. The molecular formula is C16H14N4O5. The summed E-state index contributed by atoms with van der Waals surface area (Å²) < 4.78 is 7.87. The number of para-hydroxylation sites is 1. The van der Waals surface area contributed by atoms with Crippen LogP contribution in [0.3, 0.4) is 0 Å². The van der Waals surface area contributed by atoms with E-state index in [0.29, 0.717) is 11.4 Å². The number of anilines is 1. The molecule has 0 saturated carbocycles. The molecule has 9 heteroatoms. The van der Waals surface area contributed by atoms with Gasteiger partial charge in [0.15, 0.2) is 5.76 Å². The van der Waals surface area contributed by atoms with E-state index in [4.69, 9.17) is 4.42 Å². The van der Waals surface area contributed by atoms with Gasteiger partial charge in [-0.1, -0.05) is 18.2 Å². The molecule has 9 nitrogen and oxygen atoms in total. The van der Waals surface area contributed by atoms with Crippen LogP contribution in [0, 0.1) is 17.0 Å². The van der Waals surface area contributed by atoms with Crippen LogP contribution in [0.5, 0.6) is 0 Å². The lowest BCUT2D eigenvalue weighted by Gasteiger charge is -2.07. The molecule has 128 valence electrons. The molecule has 0 spiro atoms. The summed E-state index contributed by atoms with van der Waals surface area (Å²) in [5, 5.41) is 13.1. The van der Waals surface area contributed by atoms with E-state index in [0.717, 1.165) is 6.07 Å². The van der Waals surface area contributed by atoms with E-state index in [2.05, 4.69) is 5.32 Å². The molecule has 1 aromatic carbocycles. The van der Waals surface area contributed by atoms with Crippen molar-refractivity contribution in [2.24, 2.45) is 7.05 Å². The molecule has 0 saturated heterocycles. The monoisotopic (exact) mass is 342 g/mol. The second kappa shape index (κ2) is 6.11. The highest BCUT2D eigenvalue weighted by atomic mass is 16.6. The number of benzene rings is 1. The average molecular weight is 342 g/mol. The highest BCUT2D eigenvalue weighted by Gasteiger charge is 2.22. The van der Waals surface area contributed by atoms with Crippen molar-refractivity contribution in [1.82, 2.24) is 9.36 Å². The Morgan fingerprint density at radius 1 is 1.20 bits per heavy atom. The number of nitrogens with zero attached hydrogens (tertiary/aromatic N) is 3. The molecule has 2 heterocycles. The normalized spacial score (nSPS) is 10.6. The number of carbonyl (C=O) groups excluding carboxylic acids is 1. The van der Waals surface area contributed by atoms with E-state index in [1.54, 1.807) is 42.9 Å². The standard InChI is InChI=1S/C16H14N4O5/c1-10-14(17-15(21)12-8-9-13(25-12)20(23)24)16(22)19(18(10)2)11-6-4-3-5-7-11/h3-9H,1-2H3,(H,17,21). The predicted molar refractivity (Wildman–Crippen MR) is 89.1 cm³/mol. The highest BCUT2D eigenvalue weighted by Crippen LogP contribution is 2.18. The van der Waals surface area contributed by atoms with Crippen molar-refractivity contribution in [2.75, 3.05) is 5.32 Å². The van der Waals surface area contributed by atoms with Crippen LogP contribution in [0.15, 0.2) is 51.7 Å². The summed E-state index contributed by atoms with van der Waals surface area (Å²) in [5.74, 6) is -1.53. The van der Waals surface area contributed by atoms with Gasteiger partial charge >= 0.3 is 5.88 Å². The zero-order valence-corrected chi connectivity index (χ0v) is 13.4. The number of aromatic nitrogens is 2. The molecule has 0 aliphatic rings. The highest BCUT2D eigenvalue weighted by molar-refractivity contribution is 6.02. The van der Waals surface area contributed by atoms with Gasteiger partial charge in [-0.2, -0.15) is 0 Å². The van der Waals surface area contributed by atoms with Gasteiger partial charge in [-0.05, 0) is 25.1 Å². The Bertz CT molecular complexity index is 1010. The molecule has 3 rings (SSSR count). The molecule has 1 N–H and O–H groups in total. The number of hydrogen-bond donors (Lipinski definition) is 1. The molecule has 0 aliphatic carbocycles. The Kier molecular flexibility index (Phi) is 3.97. The maximum absolute atomic E-state index is 12.7. The molecule has 0 atom stereocenters. The van der Waals surface area contributed by atoms with Crippen molar-refractivity contribution >= 4 is 17.5 Å². The lowest BCUT2D eigenvalue weighted by molar-refractivity contribution is -0.402.